The molecule has 0 aliphatic carbocycles. The van der Waals surface area contributed by atoms with E-state index in [2.05, 4.69) is 20.3 Å². The highest BCUT2D eigenvalue weighted by Gasteiger charge is 2.17. The van der Waals surface area contributed by atoms with Crippen LogP contribution in [0.1, 0.15) is 0 Å². The first-order valence-corrected chi connectivity index (χ1v) is 9.99. The first kappa shape index (κ1) is 19.2. The van der Waals surface area contributed by atoms with Gasteiger partial charge in [0, 0.05) is 30.2 Å². The van der Waals surface area contributed by atoms with E-state index in [1.807, 2.05) is 0 Å². The highest BCUT2D eigenvalue weighted by atomic mass is 32.2. The number of nitrogens with one attached hydrogen (secondary N) is 1. The summed E-state index contributed by atoms with van der Waals surface area (Å²) in [4.78, 5) is 12.9. The van der Waals surface area contributed by atoms with Gasteiger partial charge in [-0.25, -0.2) is 0 Å². The topological polar surface area (TPSA) is 138 Å². The summed E-state index contributed by atoms with van der Waals surface area (Å²) in [6, 6.07) is 6.81. The third kappa shape index (κ3) is 4.18. The van der Waals surface area contributed by atoms with Gasteiger partial charge in [0.15, 0.2) is 0 Å². The Labute approximate surface area is 164 Å². The van der Waals surface area contributed by atoms with Crippen molar-refractivity contribution >= 4 is 38.5 Å². The van der Waals surface area contributed by atoms with Gasteiger partial charge in [-0.15, -0.1) is 0 Å². The number of phenols is 1. The zero-order valence-electron chi connectivity index (χ0n) is 14.9. The van der Waals surface area contributed by atoms with Crippen LogP contribution in [-0.4, -0.2) is 59.3 Å². The first-order chi connectivity index (χ1) is 13.8. The van der Waals surface area contributed by atoms with E-state index in [4.69, 9.17) is 9.29 Å². The summed E-state index contributed by atoms with van der Waals surface area (Å²) < 4.78 is 50.9. The fraction of sp³-hybridized carbons (Fsp3) is 0.235. The van der Waals surface area contributed by atoms with Gasteiger partial charge in [0.05, 0.1) is 18.1 Å². The van der Waals surface area contributed by atoms with Gasteiger partial charge in [-0.3, -0.25) is 4.55 Å². The van der Waals surface area contributed by atoms with Gasteiger partial charge in [0.2, 0.25) is 11.9 Å². The van der Waals surface area contributed by atoms with E-state index < -0.39 is 21.1 Å². The lowest BCUT2D eigenvalue weighted by molar-refractivity contribution is 0.122. The minimum Gasteiger partial charge on any atom is -0.507 e. The van der Waals surface area contributed by atoms with E-state index in [1.54, 1.807) is 11.0 Å². The Balaban J connectivity index is 1.66. The number of halogens is 1. The maximum Gasteiger partial charge on any atom is 0.315 e. The fourth-order valence-electron chi connectivity index (χ4n) is 2.97. The van der Waals surface area contributed by atoms with Crippen LogP contribution < -0.4 is 10.2 Å². The van der Waals surface area contributed by atoms with Gasteiger partial charge in [0.1, 0.15) is 5.75 Å². The Hall–Kier alpha value is -3.09. The zero-order chi connectivity index (χ0) is 20.6. The molecule has 12 heteroatoms. The molecule has 10 nitrogen and oxygen atoms in total. The third-order valence-corrected chi connectivity index (χ3v) is 5.18. The van der Waals surface area contributed by atoms with Crippen LogP contribution in [-0.2, 0) is 14.9 Å². The van der Waals surface area contributed by atoms with Crippen molar-refractivity contribution in [3.05, 3.63) is 36.4 Å². The number of phenolic OH excluding ortho intramolecular Hbond substituents is 1. The molecule has 4 rings (SSSR count). The second kappa shape index (κ2) is 7.39. The van der Waals surface area contributed by atoms with Crippen LogP contribution in [0.15, 0.2) is 35.2 Å². The van der Waals surface area contributed by atoms with E-state index >= 15 is 0 Å². The number of nitrogens with zero attached hydrogens (tertiary/aromatic N) is 4. The molecule has 0 radical (unpaired) electrons. The number of anilines is 3. The number of fused-ring (bicyclic) bond motifs is 1. The molecule has 0 spiro atoms. The second-order valence-corrected chi connectivity index (χ2v) is 7.73. The van der Waals surface area contributed by atoms with Crippen molar-refractivity contribution in [1.29, 1.82) is 0 Å². The van der Waals surface area contributed by atoms with E-state index in [0.717, 1.165) is 6.07 Å². The van der Waals surface area contributed by atoms with Crippen molar-refractivity contribution in [2.75, 3.05) is 36.5 Å². The molecule has 0 bridgehead atoms. The van der Waals surface area contributed by atoms with Crippen molar-refractivity contribution in [2.24, 2.45) is 0 Å². The Morgan fingerprint density at radius 3 is 2.59 bits per heavy atom. The van der Waals surface area contributed by atoms with E-state index in [9.17, 15) is 17.9 Å². The number of morpholine rings is 1. The average molecular weight is 421 g/mol. The van der Waals surface area contributed by atoms with Gasteiger partial charge < -0.3 is 20.1 Å². The lowest BCUT2D eigenvalue weighted by Crippen LogP contribution is -2.37. The molecule has 0 amide bonds. The zero-order valence-corrected chi connectivity index (χ0v) is 15.7. The SMILES string of the molecule is O=S(=O)(O)c1cc(O)c2cc(Nc3nc(F)nc(N4CCOCC4)n3)ccc2c1. The molecule has 1 fully saturated rings. The first-order valence-electron chi connectivity index (χ1n) is 8.55. The Kier molecular flexibility index (Phi) is 4.90. The molecule has 1 aromatic heterocycles. The average Bonchev–Trinajstić information content (AvgIpc) is 2.68. The molecule has 29 heavy (non-hydrogen) atoms. The number of aromatic nitrogens is 3. The Morgan fingerprint density at radius 1 is 1.10 bits per heavy atom. The molecule has 0 unspecified atom stereocenters. The van der Waals surface area contributed by atoms with Gasteiger partial charge in [-0.2, -0.15) is 27.8 Å². The van der Waals surface area contributed by atoms with Crippen LogP contribution in [0.3, 0.4) is 0 Å². The molecule has 1 aliphatic rings. The van der Waals surface area contributed by atoms with Crippen molar-refractivity contribution in [1.82, 2.24) is 15.0 Å². The Morgan fingerprint density at radius 2 is 1.86 bits per heavy atom. The molecule has 2 aromatic carbocycles. The lowest BCUT2D eigenvalue weighted by Gasteiger charge is -2.26. The molecule has 3 N–H and O–H groups in total. The van der Waals surface area contributed by atoms with Crippen molar-refractivity contribution in [3.8, 4) is 5.75 Å². The van der Waals surface area contributed by atoms with Crippen molar-refractivity contribution in [3.63, 3.8) is 0 Å². The van der Waals surface area contributed by atoms with E-state index in [-0.39, 0.29) is 17.6 Å². The number of benzene rings is 2. The maximum absolute atomic E-state index is 13.9. The predicted molar refractivity (Wildman–Crippen MR) is 102 cm³/mol. The summed E-state index contributed by atoms with van der Waals surface area (Å²) >= 11 is 0. The van der Waals surface area contributed by atoms with Gasteiger partial charge >= 0.3 is 6.08 Å². The number of hydrogen-bond acceptors (Lipinski definition) is 9. The molecule has 0 atom stereocenters. The summed E-state index contributed by atoms with van der Waals surface area (Å²) in [5, 5.41) is 13.7. The van der Waals surface area contributed by atoms with Crippen LogP contribution in [0.4, 0.5) is 22.0 Å². The molecule has 0 saturated carbocycles. The smallest absolute Gasteiger partial charge is 0.315 e. The summed E-state index contributed by atoms with van der Waals surface area (Å²) in [5.74, 6) is -0.174. The van der Waals surface area contributed by atoms with Crippen molar-refractivity contribution in [2.45, 2.75) is 4.90 Å². The van der Waals surface area contributed by atoms with E-state index in [1.165, 1.54) is 18.2 Å². The Bertz CT molecular complexity index is 1180. The highest BCUT2D eigenvalue weighted by Crippen LogP contribution is 2.31. The molecule has 3 aromatic rings. The lowest BCUT2D eigenvalue weighted by atomic mass is 10.1. The van der Waals surface area contributed by atoms with Crippen LogP contribution in [0.25, 0.3) is 10.8 Å². The summed E-state index contributed by atoms with van der Waals surface area (Å²) in [6.07, 6.45) is -0.939. The number of aromatic hydroxyl groups is 1. The minimum absolute atomic E-state index is 0.0209. The number of hydrogen-bond donors (Lipinski definition) is 3. The van der Waals surface area contributed by atoms with Gasteiger partial charge in [-0.1, -0.05) is 6.07 Å². The minimum atomic E-state index is -4.45. The third-order valence-electron chi connectivity index (χ3n) is 4.35. The molecular weight excluding hydrogens is 405 g/mol. The quantitative estimate of drug-likeness (QED) is 0.534. The highest BCUT2D eigenvalue weighted by molar-refractivity contribution is 7.85. The monoisotopic (exact) mass is 421 g/mol. The molecule has 1 saturated heterocycles. The van der Waals surface area contributed by atoms with Crippen LogP contribution in [0.5, 0.6) is 5.75 Å². The van der Waals surface area contributed by atoms with Gasteiger partial charge in [-0.05, 0) is 23.6 Å². The second-order valence-electron chi connectivity index (χ2n) is 6.31. The summed E-state index contributed by atoms with van der Waals surface area (Å²) in [6.45, 7) is 2.04. The number of ether oxygens (including phenoxy) is 1. The van der Waals surface area contributed by atoms with E-state index in [0.29, 0.717) is 42.8 Å². The maximum atomic E-state index is 13.9. The summed E-state index contributed by atoms with van der Waals surface area (Å²) in [7, 11) is -4.45. The van der Waals surface area contributed by atoms with Crippen LogP contribution in [0.2, 0.25) is 0 Å². The molecular formula is C17H16FN5O5S. The largest absolute Gasteiger partial charge is 0.507 e. The molecule has 2 heterocycles. The normalized spacial score (nSPS) is 14.9. The van der Waals surface area contributed by atoms with Gasteiger partial charge in [0.25, 0.3) is 10.1 Å². The fourth-order valence-corrected chi connectivity index (χ4v) is 3.50. The van der Waals surface area contributed by atoms with Crippen LogP contribution in [0, 0.1) is 6.08 Å². The predicted octanol–water partition coefficient (Wildman–Crippen LogP) is 1.70. The number of rotatable bonds is 4. The summed E-state index contributed by atoms with van der Waals surface area (Å²) in [5.41, 5.74) is 0.436. The molecule has 1 aliphatic heterocycles. The standard InChI is InChI=1S/C17H16FN5O5S/c18-15-20-16(22-17(21-15)23-3-5-28-6-4-23)19-11-2-1-10-7-12(29(25,26)27)9-14(24)13(10)8-11/h1-2,7-9,24H,3-6H2,(H,25,26,27)(H,19,20,21,22). The van der Waals surface area contributed by atoms with Crippen LogP contribution >= 0.6 is 0 Å². The molecule has 152 valence electrons. The van der Waals surface area contributed by atoms with Crippen molar-refractivity contribution < 1.29 is 27.2 Å².